The largest absolute Gasteiger partial charge is 0.508 e. The van der Waals surface area contributed by atoms with E-state index in [-0.39, 0.29) is 25.3 Å². The van der Waals surface area contributed by atoms with Crippen LogP contribution in [0, 0.1) is 0 Å². The predicted molar refractivity (Wildman–Crippen MR) is 68.0 cm³/mol. The molecule has 0 saturated carbocycles. The highest BCUT2D eigenvalue weighted by molar-refractivity contribution is 5.92. The summed E-state index contributed by atoms with van der Waals surface area (Å²) < 4.78 is 0. The number of phenolic OH excluding ortho intramolecular Hbond substituents is 1. The standard InChI is InChI=1S/C13H14N2O5/c16-10-4-2-1-3-8(10)5-12(18)15-7-11(17)14-6-9(15)13(19)20/h1-4,9,16H,5-7H2,(H,14,17)(H,19,20). The molecule has 0 aromatic heterocycles. The van der Waals surface area contributed by atoms with Gasteiger partial charge < -0.3 is 20.4 Å². The zero-order valence-corrected chi connectivity index (χ0v) is 10.6. The number of phenols is 1. The van der Waals surface area contributed by atoms with Crippen LogP contribution in [0.5, 0.6) is 5.75 Å². The molecule has 1 aliphatic rings. The van der Waals surface area contributed by atoms with E-state index in [1.807, 2.05) is 0 Å². The van der Waals surface area contributed by atoms with Crippen LogP contribution in [-0.2, 0) is 20.8 Å². The van der Waals surface area contributed by atoms with Crippen molar-refractivity contribution in [2.45, 2.75) is 12.5 Å². The third kappa shape index (κ3) is 2.87. The molecule has 7 nitrogen and oxygen atoms in total. The Balaban J connectivity index is 2.15. The first kappa shape index (κ1) is 13.9. The lowest BCUT2D eigenvalue weighted by Crippen LogP contribution is -2.59. The zero-order chi connectivity index (χ0) is 14.7. The van der Waals surface area contributed by atoms with Gasteiger partial charge in [0.2, 0.25) is 11.8 Å². The van der Waals surface area contributed by atoms with Gasteiger partial charge in [0.15, 0.2) is 0 Å². The average molecular weight is 278 g/mol. The number of carbonyl (C=O) groups excluding carboxylic acids is 2. The van der Waals surface area contributed by atoms with Crippen molar-refractivity contribution in [1.82, 2.24) is 10.2 Å². The van der Waals surface area contributed by atoms with Crippen LogP contribution >= 0.6 is 0 Å². The van der Waals surface area contributed by atoms with Crippen LogP contribution in [0.3, 0.4) is 0 Å². The molecule has 7 heteroatoms. The SMILES string of the molecule is O=C1CN(C(=O)Cc2ccccc2O)C(C(=O)O)CN1. The second-order valence-corrected chi connectivity index (χ2v) is 4.49. The summed E-state index contributed by atoms with van der Waals surface area (Å²) in [6.45, 7) is -0.399. The van der Waals surface area contributed by atoms with E-state index in [1.54, 1.807) is 18.2 Å². The normalized spacial score (nSPS) is 18.5. The van der Waals surface area contributed by atoms with Gasteiger partial charge >= 0.3 is 5.97 Å². The molecule has 1 aromatic carbocycles. The Morgan fingerprint density at radius 2 is 2.05 bits per heavy atom. The molecular formula is C13H14N2O5. The van der Waals surface area contributed by atoms with Crippen LogP contribution in [0.25, 0.3) is 0 Å². The van der Waals surface area contributed by atoms with Crippen LogP contribution in [-0.4, -0.2) is 52.0 Å². The molecule has 0 aliphatic carbocycles. The quantitative estimate of drug-likeness (QED) is 0.681. The number of carboxylic acids is 1. The number of rotatable bonds is 3. The number of benzene rings is 1. The van der Waals surface area contributed by atoms with E-state index in [4.69, 9.17) is 5.11 Å². The zero-order valence-electron chi connectivity index (χ0n) is 10.6. The van der Waals surface area contributed by atoms with Crippen LogP contribution in [0.2, 0.25) is 0 Å². The Morgan fingerprint density at radius 3 is 2.70 bits per heavy atom. The second kappa shape index (κ2) is 5.60. The summed E-state index contributed by atoms with van der Waals surface area (Å²) >= 11 is 0. The number of aromatic hydroxyl groups is 1. The van der Waals surface area contributed by atoms with Gasteiger partial charge in [-0.05, 0) is 6.07 Å². The molecule has 106 valence electrons. The van der Waals surface area contributed by atoms with Crippen molar-refractivity contribution in [1.29, 1.82) is 0 Å². The molecule has 1 atom stereocenters. The van der Waals surface area contributed by atoms with Gasteiger partial charge in [0.05, 0.1) is 6.42 Å². The number of hydrogen-bond donors (Lipinski definition) is 3. The summed E-state index contributed by atoms with van der Waals surface area (Å²) in [6.07, 6.45) is -0.149. The fourth-order valence-corrected chi connectivity index (χ4v) is 2.05. The Kier molecular flexibility index (Phi) is 3.88. The van der Waals surface area contributed by atoms with E-state index in [9.17, 15) is 19.5 Å². The minimum atomic E-state index is -1.17. The topological polar surface area (TPSA) is 107 Å². The summed E-state index contributed by atoms with van der Waals surface area (Å²) in [5, 5.41) is 21.1. The minimum Gasteiger partial charge on any atom is -0.508 e. The first-order chi connectivity index (χ1) is 9.49. The van der Waals surface area contributed by atoms with E-state index < -0.39 is 23.8 Å². The summed E-state index contributed by atoms with van der Waals surface area (Å²) in [5.41, 5.74) is 0.396. The van der Waals surface area contributed by atoms with Gasteiger partial charge in [0.25, 0.3) is 0 Å². The van der Waals surface area contributed by atoms with Crippen LogP contribution in [0.15, 0.2) is 24.3 Å². The lowest BCUT2D eigenvalue weighted by atomic mass is 10.1. The van der Waals surface area contributed by atoms with E-state index >= 15 is 0 Å². The van der Waals surface area contributed by atoms with Gasteiger partial charge in [0, 0.05) is 12.1 Å². The summed E-state index contributed by atoms with van der Waals surface area (Å²) in [7, 11) is 0. The molecule has 20 heavy (non-hydrogen) atoms. The van der Waals surface area contributed by atoms with Crippen molar-refractivity contribution in [2.24, 2.45) is 0 Å². The predicted octanol–water partition coefficient (Wildman–Crippen LogP) is -0.654. The molecule has 1 aromatic rings. The Hall–Kier alpha value is -2.57. The van der Waals surface area contributed by atoms with Gasteiger partial charge in [-0.25, -0.2) is 4.79 Å². The van der Waals surface area contributed by atoms with E-state index in [0.29, 0.717) is 5.56 Å². The van der Waals surface area contributed by atoms with Crippen molar-refractivity contribution in [2.75, 3.05) is 13.1 Å². The Bertz CT molecular complexity index is 557. The number of hydrogen-bond acceptors (Lipinski definition) is 4. The summed E-state index contributed by atoms with van der Waals surface area (Å²) in [6, 6.07) is 5.23. The molecular weight excluding hydrogens is 264 g/mol. The number of aliphatic carboxylic acids is 1. The molecule has 1 heterocycles. The molecule has 1 fully saturated rings. The summed E-state index contributed by atoms with van der Waals surface area (Å²) in [4.78, 5) is 35.6. The maximum absolute atomic E-state index is 12.2. The highest BCUT2D eigenvalue weighted by Gasteiger charge is 2.35. The second-order valence-electron chi connectivity index (χ2n) is 4.49. The van der Waals surface area contributed by atoms with Gasteiger partial charge in [-0.1, -0.05) is 18.2 Å². The first-order valence-electron chi connectivity index (χ1n) is 6.05. The number of piperazine rings is 1. The van der Waals surface area contributed by atoms with Crippen molar-refractivity contribution >= 4 is 17.8 Å². The van der Waals surface area contributed by atoms with Gasteiger partial charge in [-0.3, -0.25) is 9.59 Å². The van der Waals surface area contributed by atoms with E-state index in [1.165, 1.54) is 6.07 Å². The van der Waals surface area contributed by atoms with Gasteiger partial charge in [-0.15, -0.1) is 0 Å². The maximum Gasteiger partial charge on any atom is 0.328 e. The average Bonchev–Trinajstić information content (AvgIpc) is 2.40. The molecule has 3 N–H and O–H groups in total. The fraction of sp³-hybridized carbons (Fsp3) is 0.308. The third-order valence-electron chi connectivity index (χ3n) is 3.12. The number of carboxylic acid groups (broad SMARTS) is 1. The number of carbonyl (C=O) groups is 3. The Labute approximate surface area is 114 Å². The highest BCUT2D eigenvalue weighted by Crippen LogP contribution is 2.18. The summed E-state index contributed by atoms with van der Waals surface area (Å²) in [5.74, 6) is -2.10. The van der Waals surface area contributed by atoms with Crippen molar-refractivity contribution in [3.63, 3.8) is 0 Å². The van der Waals surface area contributed by atoms with E-state index in [0.717, 1.165) is 4.90 Å². The van der Waals surface area contributed by atoms with Crippen LogP contribution in [0.1, 0.15) is 5.56 Å². The van der Waals surface area contributed by atoms with Gasteiger partial charge in [0.1, 0.15) is 18.3 Å². The number of para-hydroxylation sites is 1. The van der Waals surface area contributed by atoms with Crippen LogP contribution in [0.4, 0.5) is 0 Å². The molecule has 1 aliphatic heterocycles. The first-order valence-corrected chi connectivity index (χ1v) is 6.05. The number of amides is 2. The number of nitrogens with zero attached hydrogens (tertiary/aromatic N) is 1. The highest BCUT2D eigenvalue weighted by atomic mass is 16.4. The lowest BCUT2D eigenvalue weighted by molar-refractivity contribution is -0.153. The minimum absolute atomic E-state index is 0.0332. The molecule has 2 amide bonds. The lowest BCUT2D eigenvalue weighted by Gasteiger charge is -2.32. The van der Waals surface area contributed by atoms with Crippen molar-refractivity contribution in [3.8, 4) is 5.75 Å². The molecule has 2 rings (SSSR count). The molecule has 0 spiro atoms. The third-order valence-corrected chi connectivity index (χ3v) is 3.12. The van der Waals surface area contributed by atoms with Crippen LogP contribution < -0.4 is 5.32 Å². The fourth-order valence-electron chi connectivity index (χ4n) is 2.05. The van der Waals surface area contributed by atoms with Gasteiger partial charge in [-0.2, -0.15) is 0 Å². The maximum atomic E-state index is 12.2. The monoisotopic (exact) mass is 278 g/mol. The smallest absolute Gasteiger partial charge is 0.328 e. The Morgan fingerprint density at radius 1 is 1.35 bits per heavy atom. The van der Waals surface area contributed by atoms with Crippen molar-refractivity contribution < 1.29 is 24.6 Å². The molecule has 0 radical (unpaired) electrons. The molecule has 1 unspecified atom stereocenters. The van der Waals surface area contributed by atoms with E-state index in [2.05, 4.69) is 5.32 Å². The molecule has 0 bridgehead atoms. The molecule has 1 saturated heterocycles. The number of nitrogens with one attached hydrogen (secondary N) is 1. The van der Waals surface area contributed by atoms with Crippen molar-refractivity contribution in [3.05, 3.63) is 29.8 Å².